The lowest BCUT2D eigenvalue weighted by molar-refractivity contribution is 0.0342. The summed E-state index contributed by atoms with van der Waals surface area (Å²) in [6, 6.07) is 8.41. The molecule has 1 aromatic carbocycles. The zero-order chi connectivity index (χ0) is 12.8. The van der Waals surface area contributed by atoms with Gasteiger partial charge in [0.15, 0.2) is 5.96 Å². The summed E-state index contributed by atoms with van der Waals surface area (Å²) in [6.45, 7) is 5.21. The van der Waals surface area contributed by atoms with E-state index in [0.717, 1.165) is 38.4 Å². The summed E-state index contributed by atoms with van der Waals surface area (Å²) in [5.74, 6) is 0.132. The molecular formula is C13H20N4O. The molecule has 1 aromatic rings. The summed E-state index contributed by atoms with van der Waals surface area (Å²) < 4.78 is 5.33. The second kappa shape index (κ2) is 6.37. The fraction of sp³-hybridized carbons (Fsp3) is 0.462. The van der Waals surface area contributed by atoms with Gasteiger partial charge in [0.1, 0.15) is 0 Å². The molecule has 4 N–H and O–H groups in total. The number of nitrogens with zero attached hydrogens (tertiary/aromatic N) is 2. The molecule has 0 atom stereocenters. The number of nitrogens with two attached hydrogens (primary N) is 2. The van der Waals surface area contributed by atoms with Gasteiger partial charge in [0.05, 0.1) is 19.8 Å². The lowest BCUT2D eigenvalue weighted by Crippen LogP contribution is -2.35. The number of aliphatic imine (C=N–C) groups is 1. The van der Waals surface area contributed by atoms with Crippen LogP contribution in [-0.4, -0.2) is 37.2 Å². The first-order valence-electron chi connectivity index (χ1n) is 6.17. The summed E-state index contributed by atoms with van der Waals surface area (Å²) >= 11 is 0. The molecule has 1 heterocycles. The van der Waals surface area contributed by atoms with Crippen molar-refractivity contribution in [2.24, 2.45) is 16.5 Å². The van der Waals surface area contributed by atoms with E-state index in [4.69, 9.17) is 16.2 Å². The summed E-state index contributed by atoms with van der Waals surface area (Å²) in [5.41, 5.74) is 13.0. The van der Waals surface area contributed by atoms with Crippen LogP contribution >= 0.6 is 0 Å². The van der Waals surface area contributed by atoms with Gasteiger partial charge in [-0.1, -0.05) is 24.3 Å². The van der Waals surface area contributed by atoms with E-state index in [1.165, 1.54) is 5.56 Å². The fourth-order valence-electron chi connectivity index (χ4n) is 1.95. The van der Waals surface area contributed by atoms with Crippen molar-refractivity contribution in [2.45, 2.75) is 13.1 Å². The van der Waals surface area contributed by atoms with Gasteiger partial charge >= 0.3 is 0 Å². The molecule has 0 spiro atoms. The first kappa shape index (κ1) is 12.9. The first-order valence-corrected chi connectivity index (χ1v) is 6.17. The van der Waals surface area contributed by atoms with Crippen molar-refractivity contribution >= 4 is 5.96 Å². The van der Waals surface area contributed by atoms with E-state index in [0.29, 0.717) is 6.54 Å². The topological polar surface area (TPSA) is 76.9 Å². The van der Waals surface area contributed by atoms with E-state index < -0.39 is 0 Å². The van der Waals surface area contributed by atoms with Gasteiger partial charge in [0.2, 0.25) is 0 Å². The van der Waals surface area contributed by atoms with E-state index in [-0.39, 0.29) is 5.96 Å². The number of guanidine groups is 1. The van der Waals surface area contributed by atoms with Crippen LogP contribution in [0, 0.1) is 0 Å². The smallest absolute Gasteiger partial charge is 0.186 e. The SMILES string of the molecule is NC(N)=NCc1ccc(CN2CCOCC2)cc1. The van der Waals surface area contributed by atoms with Gasteiger partial charge in [-0.15, -0.1) is 0 Å². The Hall–Kier alpha value is -1.59. The Labute approximate surface area is 107 Å². The molecule has 0 saturated carbocycles. The molecule has 5 heteroatoms. The molecular weight excluding hydrogens is 228 g/mol. The number of ether oxygens (including phenoxy) is 1. The van der Waals surface area contributed by atoms with Gasteiger partial charge in [-0.2, -0.15) is 0 Å². The van der Waals surface area contributed by atoms with Gasteiger partial charge in [0, 0.05) is 19.6 Å². The van der Waals surface area contributed by atoms with Gasteiger partial charge in [-0.05, 0) is 11.1 Å². The highest BCUT2D eigenvalue weighted by Gasteiger charge is 2.10. The average Bonchev–Trinajstić information content (AvgIpc) is 2.39. The highest BCUT2D eigenvalue weighted by Crippen LogP contribution is 2.09. The quantitative estimate of drug-likeness (QED) is 0.593. The van der Waals surface area contributed by atoms with Crippen molar-refractivity contribution in [3.8, 4) is 0 Å². The van der Waals surface area contributed by atoms with Crippen LogP contribution in [-0.2, 0) is 17.8 Å². The Kier molecular flexibility index (Phi) is 4.55. The predicted octanol–water partition coefficient (Wildman–Crippen LogP) is 0.292. The maximum atomic E-state index is 5.33. The van der Waals surface area contributed by atoms with Crippen molar-refractivity contribution in [2.75, 3.05) is 26.3 Å². The van der Waals surface area contributed by atoms with Crippen LogP contribution < -0.4 is 11.5 Å². The van der Waals surface area contributed by atoms with E-state index in [9.17, 15) is 0 Å². The van der Waals surface area contributed by atoms with Gasteiger partial charge in [-0.3, -0.25) is 4.90 Å². The molecule has 1 saturated heterocycles. The molecule has 0 amide bonds. The summed E-state index contributed by atoms with van der Waals surface area (Å²) in [7, 11) is 0. The van der Waals surface area contributed by atoms with Crippen LogP contribution in [0.5, 0.6) is 0 Å². The zero-order valence-corrected chi connectivity index (χ0v) is 10.5. The summed E-state index contributed by atoms with van der Waals surface area (Å²) in [5, 5.41) is 0. The second-order valence-corrected chi connectivity index (χ2v) is 4.45. The molecule has 0 bridgehead atoms. The number of hydrogen-bond donors (Lipinski definition) is 2. The van der Waals surface area contributed by atoms with Crippen LogP contribution in [0.3, 0.4) is 0 Å². The molecule has 1 aliphatic rings. The van der Waals surface area contributed by atoms with Crippen LogP contribution in [0.15, 0.2) is 29.3 Å². The molecule has 1 aliphatic heterocycles. The molecule has 5 nitrogen and oxygen atoms in total. The van der Waals surface area contributed by atoms with Crippen molar-refractivity contribution in [1.82, 2.24) is 4.90 Å². The third kappa shape index (κ3) is 4.01. The lowest BCUT2D eigenvalue weighted by Gasteiger charge is -2.26. The molecule has 2 rings (SSSR count). The normalized spacial score (nSPS) is 16.4. The number of benzene rings is 1. The molecule has 0 unspecified atom stereocenters. The van der Waals surface area contributed by atoms with Crippen LogP contribution in [0.2, 0.25) is 0 Å². The minimum absolute atomic E-state index is 0.132. The minimum Gasteiger partial charge on any atom is -0.379 e. The van der Waals surface area contributed by atoms with E-state index in [2.05, 4.69) is 34.2 Å². The number of hydrogen-bond acceptors (Lipinski definition) is 3. The predicted molar refractivity (Wildman–Crippen MR) is 72.1 cm³/mol. The highest BCUT2D eigenvalue weighted by atomic mass is 16.5. The highest BCUT2D eigenvalue weighted by molar-refractivity contribution is 5.75. The van der Waals surface area contributed by atoms with Crippen LogP contribution in [0.1, 0.15) is 11.1 Å². The Balaban J connectivity index is 1.88. The summed E-state index contributed by atoms with van der Waals surface area (Å²) in [6.07, 6.45) is 0. The Morgan fingerprint density at radius 1 is 1.11 bits per heavy atom. The Morgan fingerprint density at radius 2 is 1.72 bits per heavy atom. The summed E-state index contributed by atoms with van der Waals surface area (Å²) in [4.78, 5) is 6.38. The van der Waals surface area contributed by atoms with Crippen molar-refractivity contribution in [3.63, 3.8) is 0 Å². The van der Waals surface area contributed by atoms with Crippen LogP contribution in [0.25, 0.3) is 0 Å². The Bertz CT molecular complexity index is 392. The molecule has 0 aromatic heterocycles. The molecule has 0 radical (unpaired) electrons. The second-order valence-electron chi connectivity index (χ2n) is 4.45. The average molecular weight is 248 g/mol. The van der Waals surface area contributed by atoms with Gasteiger partial charge < -0.3 is 16.2 Å². The largest absolute Gasteiger partial charge is 0.379 e. The van der Waals surface area contributed by atoms with Crippen LogP contribution in [0.4, 0.5) is 0 Å². The standard InChI is InChI=1S/C13H20N4O/c14-13(15)16-9-11-1-3-12(4-2-11)10-17-5-7-18-8-6-17/h1-4H,5-10H2,(H4,14,15,16). The van der Waals surface area contributed by atoms with E-state index in [1.807, 2.05) is 0 Å². The van der Waals surface area contributed by atoms with E-state index >= 15 is 0 Å². The minimum atomic E-state index is 0.132. The molecule has 1 fully saturated rings. The lowest BCUT2D eigenvalue weighted by atomic mass is 10.1. The van der Waals surface area contributed by atoms with Gasteiger partial charge in [0.25, 0.3) is 0 Å². The number of rotatable bonds is 4. The fourth-order valence-corrected chi connectivity index (χ4v) is 1.95. The zero-order valence-electron chi connectivity index (χ0n) is 10.5. The first-order chi connectivity index (χ1) is 8.74. The number of morpholine rings is 1. The van der Waals surface area contributed by atoms with Crippen molar-refractivity contribution < 1.29 is 4.74 Å². The third-order valence-electron chi connectivity index (χ3n) is 2.98. The van der Waals surface area contributed by atoms with Gasteiger partial charge in [-0.25, -0.2) is 4.99 Å². The van der Waals surface area contributed by atoms with Crippen molar-refractivity contribution in [1.29, 1.82) is 0 Å². The van der Waals surface area contributed by atoms with Crippen molar-refractivity contribution in [3.05, 3.63) is 35.4 Å². The maximum Gasteiger partial charge on any atom is 0.186 e. The molecule has 98 valence electrons. The monoisotopic (exact) mass is 248 g/mol. The Morgan fingerprint density at radius 3 is 2.33 bits per heavy atom. The van der Waals surface area contributed by atoms with E-state index in [1.54, 1.807) is 0 Å². The molecule has 0 aliphatic carbocycles. The maximum absolute atomic E-state index is 5.33. The molecule has 18 heavy (non-hydrogen) atoms. The third-order valence-corrected chi connectivity index (χ3v) is 2.98.